The van der Waals surface area contributed by atoms with Gasteiger partial charge in [0.15, 0.2) is 0 Å². The Balaban J connectivity index is 2.09. The molecule has 0 bridgehead atoms. The topological polar surface area (TPSA) is 47.7 Å². The van der Waals surface area contributed by atoms with Crippen LogP contribution in [0.5, 0.6) is 0 Å². The third-order valence-corrected chi connectivity index (χ3v) is 3.54. The van der Waals surface area contributed by atoms with E-state index in [9.17, 15) is 0 Å². The van der Waals surface area contributed by atoms with E-state index in [1.807, 2.05) is 17.8 Å². The number of nitrogens with zero attached hydrogens (tertiary/aromatic N) is 4. The van der Waals surface area contributed by atoms with E-state index in [1.165, 1.54) is 17.0 Å². The molecular weight excluding hydrogens is 250 g/mol. The standard InChI is InChI=1S/C15H25N5/c1-5-7-16-9-14-10-17-20(13(14)4)11-15-8-12(3)18-19(15)6-2/h8,10,16H,5-7,9,11H2,1-4H3. The van der Waals surface area contributed by atoms with Gasteiger partial charge in [-0.05, 0) is 39.8 Å². The van der Waals surface area contributed by atoms with E-state index in [2.05, 4.69) is 47.0 Å². The summed E-state index contributed by atoms with van der Waals surface area (Å²) in [7, 11) is 0. The molecule has 2 aromatic heterocycles. The zero-order valence-electron chi connectivity index (χ0n) is 13.0. The molecule has 0 saturated heterocycles. The second kappa shape index (κ2) is 6.70. The van der Waals surface area contributed by atoms with Crippen molar-refractivity contribution in [3.63, 3.8) is 0 Å². The van der Waals surface area contributed by atoms with Gasteiger partial charge >= 0.3 is 0 Å². The number of hydrogen-bond donors (Lipinski definition) is 1. The maximum atomic E-state index is 4.51. The van der Waals surface area contributed by atoms with Gasteiger partial charge in [-0.1, -0.05) is 6.92 Å². The van der Waals surface area contributed by atoms with Gasteiger partial charge in [0, 0.05) is 24.3 Å². The smallest absolute Gasteiger partial charge is 0.0831 e. The molecule has 20 heavy (non-hydrogen) atoms. The van der Waals surface area contributed by atoms with Gasteiger partial charge in [-0.15, -0.1) is 0 Å². The van der Waals surface area contributed by atoms with Gasteiger partial charge in [0.2, 0.25) is 0 Å². The molecule has 2 rings (SSSR count). The van der Waals surface area contributed by atoms with Crippen molar-refractivity contribution in [3.05, 3.63) is 34.9 Å². The summed E-state index contributed by atoms with van der Waals surface area (Å²) in [6.45, 7) is 12.1. The highest BCUT2D eigenvalue weighted by Gasteiger charge is 2.10. The van der Waals surface area contributed by atoms with Crippen LogP contribution >= 0.6 is 0 Å². The molecule has 0 fully saturated rings. The Bertz CT molecular complexity index is 553. The number of rotatable bonds is 7. The minimum atomic E-state index is 0.786. The Labute approximate surface area is 121 Å². The molecule has 0 unspecified atom stereocenters. The van der Waals surface area contributed by atoms with Crippen LogP contribution in [0, 0.1) is 13.8 Å². The largest absolute Gasteiger partial charge is 0.313 e. The molecule has 5 heteroatoms. The molecule has 0 spiro atoms. The maximum Gasteiger partial charge on any atom is 0.0831 e. The van der Waals surface area contributed by atoms with Crippen molar-refractivity contribution in [1.29, 1.82) is 0 Å². The first-order valence-corrected chi connectivity index (χ1v) is 7.41. The van der Waals surface area contributed by atoms with Crippen molar-refractivity contribution >= 4 is 0 Å². The Morgan fingerprint density at radius 2 is 2.00 bits per heavy atom. The molecule has 0 aliphatic carbocycles. The maximum absolute atomic E-state index is 4.51. The molecule has 0 aromatic carbocycles. The second-order valence-electron chi connectivity index (χ2n) is 5.18. The van der Waals surface area contributed by atoms with Gasteiger partial charge in [-0.3, -0.25) is 9.36 Å². The number of aromatic nitrogens is 4. The van der Waals surface area contributed by atoms with E-state index in [0.717, 1.165) is 38.3 Å². The third kappa shape index (κ3) is 3.28. The summed E-state index contributed by atoms with van der Waals surface area (Å²) >= 11 is 0. The van der Waals surface area contributed by atoms with Crippen LogP contribution in [0.15, 0.2) is 12.3 Å². The van der Waals surface area contributed by atoms with E-state index < -0.39 is 0 Å². The third-order valence-electron chi connectivity index (χ3n) is 3.54. The van der Waals surface area contributed by atoms with Crippen LogP contribution in [0.1, 0.15) is 42.9 Å². The number of aryl methyl sites for hydroxylation is 2. The fourth-order valence-electron chi connectivity index (χ4n) is 2.37. The lowest BCUT2D eigenvalue weighted by atomic mass is 10.2. The van der Waals surface area contributed by atoms with Crippen LogP contribution in [0.2, 0.25) is 0 Å². The highest BCUT2D eigenvalue weighted by molar-refractivity contribution is 5.18. The van der Waals surface area contributed by atoms with Gasteiger partial charge in [0.1, 0.15) is 0 Å². The van der Waals surface area contributed by atoms with E-state index >= 15 is 0 Å². The predicted octanol–water partition coefficient (Wildman–Crippen LogP) is 2.26. The van der Waals surface area contributed by atoms with Crippen molar-refractivity contribution in [1.82, 2.24) is 24.9 Å². The second-order valence-corrected chi connectivity index (χ2v) is 5.18. The Morgan fingerprint density at radius 1 is 1.20 bits per heavy atom. The van der Waals surface area contributed by atoms with E-state index in [-0.39, 0.29) is 0 Å². The summed E-state index contributed by atoms with van der Waals surface area (Å²) in [6, 6.07) is 2.14. The summed E-state index contributed by atoms with van der Waals surface area (Å²) < 4.78 is 4.11. The van der Waals surface area contributed by atoms with Crippen molar-refractivity contribution in [2.24, 2.45) is 0 Å². The number of hydrogen-bond acceptors (Lipinski definition) is 3. The molecule has 0 radical (unpaired) electrons. The highest BCUT2D eigenvalue weighted by Crippen LogP contribution is 2.11. The molecule has 2 heterocycles. The van der Waals surface area contributed by atoms with Crippen molar-refractivity contribution in [2.45, 2.75) is 53.8 Å². The first-order valence-electron chi connectivity index (χ1n) is 7.41. The Morgan fingerprint density at radius 3 is 2.70 bits per heavy atom. The SMILES string of the molecule is CCCNCc1cnn(Cc2cc(C)nn2CC)c1C. The quantitative estimate of drug-likeness (QED) is 0.789. The summed E-state index contributed by atoms with van der Waals surface area (Å²) in [4.78, 5) is 0. The Kier molecular flexibility index (Phi) is 4.95. The molecule has 0 atom stereocenters. The van der Waals surface area contributed by atoms with Crippen LogP contribution in [0.25, 0.3) is 0 Å². The molecule has 0 aliphatic rings. The summed E-state index contributed by atoms with van der Waals surface area (Å²) in [6.07, 6.45) is 3.12. The van der Waals surface area contributed by atoms with E-state index in [0.29, 0.717) is 0 Å². The molecule has 0 saturated carbocycles. The zero-order chi connectivity index (χ0) is 14.5. The molecule has 2 aromatic rings. The van der Waals surface area contributed by atoms with Crippen molar-refractivity contribution in [2.75, 3.05) is 6.54 Å². The lowest BCUT2D eigenvalue weighted by Gasteiger charge is -2.08. The van der Waals surface area contributed by atoms with E-state index in [4.69, 9.17) is 0 Å². The fraction of sp³-hybridized carbons (Fsp3) is 0.600. The van der Waals surface area contributed by atoms with Gasteiger partial charge in [0.25, 0.3) is 0 Å². The lowest BCUT2D eigenvalue weighted by molar-refractivity contribution is 0.567. The average Bonchev–Trinajstić information content (AvgIpc) is 2.96. The Hall–Kier alpha value is -1.62. The summed E-state index contributed by atoms with van der Waals surface area (Å²) in [5.41, 5.74) is 4.79. The highest BCUT2D eigenvalue weighted by atomic mass is 15.3. The average molecular weight is 275 g/mol. The van der Waals surface area contributed by atoms with Crippen LogP contribution < -0.4 is 5.32 Å². The van der Waals surface area contributed by atoms with Gasteiger partial charge in [-0.2, -0.15) is 10.2 Å². The fourth-order valence-corrected chi connectivity index (χ4v) is 2.37. The predicted molar refractivity (Wildman–Crippen MR) is 80.7 cm³/mol. The first-order chi connectivity index (χ1) is 9.65. The molecule has 5 nitrogen and oxygen atoms in total. The minimum absolute atomic E-state index is 0.786. The summed E-state index contributed by atoms with van der Waals surface area (Å²) in [5.74, 6) is 0. The van der Waals surface area contributed by atoms with Gasteiger partial charge in [0.05, 0.1) is 24.1 Å². The van der Waals surface area contributed by atoms with Crippen molar-refractivity contribution < 1.29 is 0 Å². The molecular formula is C15H25N5. The number of nitrogens with one attached hydrogen (secondary N) is 1. The van der Waals surface area contributed by atoms with Gasteiger partial charge < -0.3 is 5.32 Å². The van der Waals surface area contributed by atoms with Crippen molar-refractivity contribution in [3.8, 4) is 0 Å². The molecule has 1 N–H and O–H groups in total. The van der Waals surface area contributed by atoms with Gasteiger partial charge in [-0.25, -0.2) is 0 Å². The molecule has 0 aliphatic heterocycles. The first kappa shape index (κ1) is 14.8. The molecule has 0 amide bonds. The summed E-state index contributed by atoms with van der Waals surface area (Å²) in [5, 5.41) is 12.4. The minimum Gasteiger partial charge on any atom is -0.313 e. The van der Waals surface area contributed by atoms with Crippen LogP contribution in [-0.4, -0.2) is 26.1 Å². The lowest BCUT2D eigenvalue weighted by Crippen LogP contribution is -2.15. The van der Waals surface area contributed by atoms with Crippen LogP contribution in [0.3, 0.4) is 0 Å². The molecule has 110 valence electrons. The van der Waals surface area contributed by atoms with Crippen LogP contribution in [0.4, 0.5) is 0 Å². The monoisotopic (exact) mass is 275 g/mol. The zero-order valence-corrected chi connectivity index (χ0v) is 13.0. The normalized spacial score (nSPS) is 11.2. The van der Waals surface area contributed by atoms with E-state index in [1.54, 1.807) is 0 Å². The van der Waals surface area contributed by atoms with Crippen LogP contribution in [-0.2, 0) is 19.6 Å².